The first-order chi connectivity index (χ1) is 14.9. The minimum absolute atomic E-state index is 0.0776. The molecule has 1 fully saturated rings. The molecule has 0 saturated heterocycles. The van der Waals surface area contributed by atoms with Crippen LogP contribution in [0, 0.1) is 12.8 Å². The Morgan fingerprint density at radius 1 is 1.26 bits per heavy atom. The first-order valence-corrected chi connectivity index (χ1v) is 12.0. The van der Waals surface area contributed by atoms with E-state index in [2.05, 4.69) is 36.3 Å². The largest absolute Gasteiger partial charge is 0.390 e. The highest BCUT2D eigenvalue weighted by Crippen LogP contribution is 2.54. The van der Waals surface area contributed by atoms with E-state index in [-0.39, 0.29) is 11.3 Å². The van der Waals surface area contributed by atoms with Crippen LogP contribution in [0.5, 0.6) is 0 Å². The van der Waals surface area contributed by atoms with Crippen molar-refractivity contribution >= 4 is 11.6 Å². The first-order valence-electron chi connectivity index (χ1n) is 12.0. The third-order valence-electron chi connectivity index (χ3n) is 7.95. The third kappa shape index (κ3) is 4.15. The number of carbonyl (C=O) groups is 1. The maximum absolute atomic E-state index is 13.0. The lowest BCUT2D eigenvalue weighted by atomic mass is 9.56. The number of pyridine rings is 1. The van der Waals surface area contributed by atoms with Crippen LogP contribution in [-0.2, 0) is 11.8 Å². The van der Waals surface area contributed by atoms with Gasteiger partial charge >= 0.3 is 0 Å². The van der Waals surface area contributed by atoms with Crippen LogP contribution in [0.1, 0.15) is 92.4 Å². The Morgan fingerprint density at radius 3 is 2.84 bits per heavy atom. The van der Waals surface area contributed by atoms with E-state index in [1.165, 1.54) is 11.1 Å². The van der Waals surface area contributed by atoms with E-state index in [1.54, 1.807) is 6.20 Å². The van der Waals surface area contributed by atoms with E-state index in [1.807, 2.05) is 25.1 Å². The summed E-state index contributed by atoms with van der Waals surface area (Å²) in [6, 6.07) is 10.1. The number of aryl methyl sites for hydroxylation is 2. The van der Waals surface area contributed by atoms with Crippen molar-refractivity contribution in [3.05, 3.63) is 58.9 Å². The lowest BCUT2D eigenvalue weighted by molar-refractivity contribution is -0.0542. The predicted octanol–water partition coefficient (Wildman–Crippen LogP) is 5.96. The van der Waals surface area contributed by atoms with Gasteiger partial charge in [0.25, 0.3) is 5.91 Å². The van der Waals surface area contributed by atoms with Gasteiger partial charge in [-0.3, -0.25) is 9.78 Å². The van der Waals surface area contributed by atoms with Crippen molar-refractivity contribution in [1.29, 1.82) is 0 Å². The SMILES string of the molecule is CCC[C@]1(O)CC[C@]2(CC)c3ccc(C(=O)Nc4cccnc4C)cc3CCC[C@@H]2C1. The number of aromatic nitrogens is 1. The zero-order chi connectivity index (χ0) is 22.1. The van der Waals surface area contributed by atoms with E-state index < -0.39 is 5.60 Å². The summed E-state index contributed by atoms with van der Waals surface area (Å²) in [5.74, 6) is 0.438. The highest BCUT2D eigenvalue weighted by atomic mass is 16.3. The molecule has 1 saturated carbocycles. The summed E-state index contributed by atoms with van der Waals surface area (Å²) >= 11 is 0. The van der Waals surface area contributed by atoms with E-state index in [9.17, 15) is 9.90 Å². The molecule has 4 nitrogen and oxygen atoms in total. The molecule has 2 aliphatic carbocycles. The number of nitrogens with zero attached hydrogens (tertiary/aromatic N) is 1. The minimum Gasteiger partial charge on any atom is -0.390 e. The van der Waals surface area contributed by atoms with Crippen molar-refractivity contribution < 1.29 is 9.90 Å². The monoisotopic (exact) mass is 420 g/mol. The number of carbonyl (C=O) groups excluding carboxylic acids is 1. The van der Waals surface area contributed by atoms with Crippen LogP contribution < -0.4 is 5.32 Å². The Bertz CT molecular complexity index is 956. The van der Waals surface area contributed by atoms with Crippen LogP contribution >= 0.6 is 0 Å². The van der Waals surface area contributed by atoms with Gasteiger partial charge in [0, 0.05) is 11.8 Å². The highest BCUT2D eigenvalue weighted by Gasteiger charge is 2.49. The van der Waals surface area contributed by atoms with Gasteiger partial charge in [0.15, 0.2) is 0 Å². The number of anilines is 1. The maximum Gasteiger partial charge on any atom is 0.255 e. The molecule has 166 valence electrons. The second-order valence-corrected chi connectivity index (χ2v) is 9.74. The van der Waals surface area contributed by atoms with Crippen molar-refractivity contribution in [3.8, 4) is 0 Å². The number of fused-ring (bicyclic) bond motifs is 3. The molecule has 4 heteroatoms. The van der Waals surface area contributed by atoms with Crippen molar-refractivity contribution in [1.82, 2.24) is 4.98 Å². The molecule has 1 heterocycles. The fourth-order valence-electron chi connectivity index (χ4n) is 6.27. The Morgan fingerprint density at radius 2 is 2.10 bits per heavy atom. The van der Waals surface area contributed by atoms with Gasteiger partial charge in [0.1, 0.15) is 0 Å². The first kappa shape index (κ1) is 22.0. The van der Waals surface area contributed by atoms with Gasteiger partial charge < -0.3 is 10.4 Å². The van der Waals surface area contributed by atoms with Gasteiger partial charge in [-0.2, -0.15) is 0 Å². The normalized spacial score (nSPS) is 27.7. The van der Waals surface area contributed by atoms with Gasteiger partial charge in [-0.1, -0.05) is 26.3 Å². The minimum atomic E-state index is -0.496. The summed E-state index contributed by atoms with van der Waals surface area (Å²) in [7, 11) is 0. The zero-order valence-corrected chi connectivity index (χ0v) is 19.2. The van der Waals surface area contributed by atoms with Gasteiger partial charge in [-0.05, 0) is 105 Å². The smallest absolute Gasteiger partial charge is 0.255 e. The quantitative estimate of drug-likeness (QED) is 0.627. The van der Waals surface area contributed by atoms with Crippen molar-refractivity contribution in [2.45, 2.75) is 89.6 Å². The number of benzene rings is 1. The lowest BCUT2D eigenvalue weighted by Gasteiger charge is -2.50. The molecule has 4 rings (SSSR count). The summed E-state index contributed by atoms with van der Waals surface area (Å²) in [6.45, 7) is 6.38. The molecule has 3 atom stereocenters. The number of hydrogen-bond acceptors (Lipinski definition) is 3. The number of hydrogen-bond donors (Lipinski definition) is 2. The van der Waals surface area contributed by atoms with Crippen LogP contribution in [-0.4, -0.2) is 21.6 Å². The Hall–Kier alpha value is -2.20. The van der Waals surface area contributed by atoms with E-state index in [0.717, 1.165) is 69.2 Å². The molecule has 0 unspecified atom stereocenters. The molecule has 0 aliphatic heterocycles. The van der Waals surface area contributed by atoms with Crippen LogP contribution in [0.3, 0.4) is 0 Å². The lowest BCUT2D eigenvalue weighted by Crippen LogP contribution is -2.47. The van der Waals surface area contributed by atoms with Crippen LogP contribution in [0.25, 0.3) is 0 Å². The molecule has 0 spiro atoms. The fraction of sp³-hybridized carbons (Fsp3) is 0.556. The molecule has 1 aromatic heterocycles. The van der Waals surface area contributed by atoms with E-state index in [4.69, 9.17) is 0 Å². The molecule has 2 N–H and O–H groups in total. The third-order valence-corrected chi connectivity index (χ3v) is 7.95. The molecule has 1 amide bonds. The molecule has 31 heavy (non-hydrogen) atoms. The Balaban J connectivity index is 1.63. The topological polar surface area (TPSA) is 62.2 Å². The molecular weight excluding hydrogens is 384 g/mol. The number of nitrogens with one attached hydrogen (secondary N) is 1. The number of rotatable bonds is 5. The molecular formula is C27H36N2O2. The summed E-state index contributed by atoms with van der Waals surface area (Å²) in [5, 5.41) is 14.2. The van der Waals surface area contributed by atoms with Gasteiger partial charge in [0.05, 0.1) is 17.0 Å². The summed E-state index contributed by atoms with van der Waals surface area (Å²) < 4.78 is 0. The number of aliphatic hydroxyl groups is 1. The fourth-order valence-corrected chi connectivity index (χ4v) is 6.27. The second-order valence-electron chi connectivity index (χ2n) is 9.74. The second kappa shape index (κ2) is 8.74. The molecule has 2 aromatic rings. The standard InChI is InChI=1S/C27H36N2O2/c1-4-13-26(31)14-15-27(5-2)22(18-26)9-6-8-20-17-21(11-12-23(20)27)25(30)29-24-10-7-16-28-19(24)3/h7,10-12,16-17,22,31H,4-6,8-9,13-15,18H2,1-3H3,(H,29,30)/t22-,26+,27+/m1/s1. The Kier molecular flexibility index (Phi) is 6.20. The maximum atomic E-state index is 13.0. The predicted molar refractivity (Wildman–Crippen MR) is 125 cm³/mol. The zero-order valence-electron chi connectivity index (χ0n) is 19.2. The van der Waals surface area contributed by atoms with E-state index >= 15 is 0 Å². The summed E-state index contributed by atoms with van der Waals surface area (Å²) in [5.41, 5.74) is 4.66. The summed E-state index contributed by atoms with van der Waals surface area (Å²) in [4.78, 5) is 17.2. The van der Waals surface area contributed by atoms with Crippen molar-refractivity contribution in [3.63, 3.8) is 0 Å². The highest BCUT2D eigenvalue weighted by molar-refractivity contribution is 6.04. The van der Waals surface area contributed by atoms with Gasteiger partial charge in [-0.15, -0.1) is 0 Å². The molecule has 2 aliphatic rings. The average molecular weight is 421 g/mol. The van der Waals surface area contributed by atoms with Gasteiger partial charge in [0.2, 0.25) is 0 Å². The molecule has 1 aromatic carbocycles. The summed E-state index contributed by atoms with van der Waals surface area (Å²) in [6.07, 6.45) is 10.9. The van der Waals surface area contributed by atoms with Crippen molar-refractivity contribution in [2.75, 3.05) is 5.32 Å². The molecule has 0 radical (unpaired) electrons. The Labute approximate surface area is 186 Å². The average Bonchev–Trinajstić information content (AvgIpc) is 2.91. The van der Waals surface area contributed by atoms with Crippen LogP contribution in [0.15, 0.2) is 36.5 Å². The van der Waals surface area contributed by atoms with Crippen molar-refractivity contribution in [2.24, 2.45) is 5.92 Å². The van der Waals surface area contributed by atoms with E-state index in [0.29, 0.717) is 11.5 Å². The number of amides is 1. The molecule has 0 bridgehead atoms. The van der Waals surface area contributed by atoms with Crippen LogP contribution in [0.2, 0.25) is 0 Å². The van der Waals surface area contributed by atoms with Gasteiger partial charge in [-0.25, -0.2) is 0 Å². The van der Waals surface area contributed by atoms with Crippen LogP contribution in [0.4, 0.5) is 5.69 Å².